The Hall–Kier alpha value is -2.23. The van der Waals surface area contributed by atoms with Crippen molar-refractivity contribution in [3.63, 3.8) is 0 Å². The zero-order valence-corrected chi connectivity index (χ0v) is 11.2. The zero-order valence-electron chi connectivity index (χ0n) is 11.2. The van der Waals surface area contributed by atoms with Gasteiger partial charge >= 0.3 is 0 Å². The van der Waals surface area contributed by atoms with Crippen molar-refractivity contribution >= 4 is 5.70 Å². The average Bonchev–Trinajstić information content (AvgIpc) is 2.97. The molecule has 2 rings (SSSR count). The number of hydrogen-bond donors (Lipinski definition) is 0. The minimum Gasteiger partial charge on any atom is -0.502 e. The number of nitrogens with zero attached hydrogens (tertiary/aromatic N) is 2. The molecule has 2 aromatic rings. The highest BCUT2D eigenvalue weighted by Gasteiger charge is 2.10. The monoisotopic (exact) mass is 258 g/mol. The lowest BCUT2D eigenvalue weighted by Crippen LogP contribution is -2.02. The summed E-state index contributed by atoms with van der Waals surface area (Å²) in [6.45, 7) is 2.78. The first kappa shape index (κ1) is 13.2. The van der Waals surface area contributed by atoms with Gasteiger partial charge < -0.3 is 14.0 Å². The van der Waals surface area contributed by atoms with E-state index < -0.39 is 0 Å². The summed E-state index contributed by atoms with van der Waals surface area (Å²) in [7, 11) is 1.63. The third-order valence-electron chi connectivity index (χ3n) is 2.64. The van der Waals surface area contributed by atoms with E-state index in [1.165, 1.54) is 0 Å². The van der Waals surface area contributed by atoms with Gasteiger partial charge in [0.25, 0.3) is 0 Å². The molecule has 0 bridgehead atoms. The minimum absolute atomic E-state index is 0.696. The van der Waals surface area contributed by atoms with Crippen molar-refractivity contribution < 1.29 is 9.47 Å². The van der Waals surface area contributed by atoms with E-state index >= 15 is 0 Å². The summed E-state index contributed by atoms with van der Waals surface area (Å²) in [5.41, 5.74) is 1.88. The predicted octanol–water partition coefficient (Wildman–Crippen LogP) is 3.17. The van der Waals surface area contributed by atoms with Gasteiger partial charge in [0.05, 0.1) is 25.7 Å². The number of benzene rings is 1. The van der Waals surface area contributed by atoms with Gasteiger partial charge in [0.1, 0.15) is 12.0 Å². The summed E-state index contributed by atoms with van der Waals surface area (Å²) in [5, 5.41) is 0. The molecule has 0 unspecified atom stereocenters. The fourth-order valence-corrected chi connectivity index (χ4v) is 1.79. The quantitative estimate of drug-likeness (QED) is 0.747. The molecule has 1 aromatic heterocycles. The molecule has 0 amide bonds. The Labute approximate surface area is 113 Å². The molecule has 0 aliphatic rings. The summed E-state index contributed by atoms with van der Waals surface area (Å²) < 4.78 is 12.9. The van der Waals surface area contributed by atoms with Crippen LogP contribution in [0.2, 0.25) is 0 Å². The SMILES string of the molecule is CCCOc1ccccc1C(=COC)n1ccnc1. The minimum atomic E-state index is 0.696. The number of ether oxygens (including phenoxy) is 2. The Morgan fingerprint density at radius 2 is 2.21 bits per heavy atom. The van der Waals surface area contributed by atoms with Crippen LogP contribution in [-0.2, 0) is 4.74 Å². The molecular formula is C15H18N2O2. The Kier molecular flexibility index (Phi) is 4.61. The molecule has 0 radical (unpaired) electrons. The fraction of sp³-hybridized carbons (Fsp3) is 0.267. The van der Waals surface area contributed by atoms with Crippen LogP contribution in [0.4, 0.5) is 0 Å². The molecule has 0 fully saturated rings. The fourth-order valence-electron chi connectivity index (χ4n) is 1.79. The first-order valence-electron chi connectivity index (χ1n) is 6.30. The summed E-state index contributed by atoms with van der Waals surface area (Å²) in [6, 6.07) is 7.92. The van der Waals surface area contributed by atoms with Gasteiger partial charge in [-0.3, -0.25) is 0 Å². The number of rotatable bonds is 6. The van der Waals surface area contributed by atoms with Crippen LogP contribution < -0.4 is 4.74 Å². The Morgan fingerprint density at radius 1 is 1.37 bits per heavy atom. The molecule has 19 heavy (non-hydrogen) atoms. The van der Waals surface area contributed by atoms with Crippen molar-refractivity contribution in [2.45, 2.75) is 13.3 Å². The molecule has 0 aliphatic carbocycles. The molecule has 1 heterocycles. The van der Waals surface area contributed by atoms with Crippen molar-refractivity contribution in [1.82, 2.24) is 9.55 Å². The van der Waals surface area contributed by atoms with Gasteiger partial charge in [-0.1, -0.05) is 19.1 Å². The molecule has 0 saturated carbocycles. The molecule has 0 saturated heterocycles. The Balaban J connectivity index is 2.40. The second-order valence-corrected chi connectivity index (χ2v) is 4.05. The van der Waals surface area contributed by atoms with Crippen LogP contribution in [0.5, 0.6) is 5.75 Å². The second kappa shape index (κ2) is 6.64. The molecular weight excluding hydrogens is 240 g/mol. The van der Waals surface area contributed by atoms with Gasteiger partial charge in [-0.05, 0) is 18.6 Å². The molecule has 4 nitrogen and oxygen atoms in total. The standard InChI is InChI=1S/C15H18N2O2/c1-3-10-19-15-7-5-4-6-13(15)14(11-18-2)17-9-8-16-12-17/h4-9,11-12H,3,10H2,1-2H3. The van der Waals surface area contributed by atoms with Crippen molar-refractivity contribution in [3.8, 4) is 5.75 Å². The van der Waals surface area contributed by atoms with Crippen LogP contribution >= 0.6 is 0 Å². The summed E-state index contributed by atoms with van der Waals surface area (Å²) in [6.07, 6.45) is 8.01. The second-order valence-electron chi connectivity index (χ2n) is 4.05. The van der Waals surface area contributed by atoms with E-state index in [2.05, 4.69) is 11.9 Å². The average molecular weight is 258 g/mol. The first-order chi connectivity index (χ1) is 9.36. The normalized spacial score (nSPS) is 11.4. The van der Waals surface area contributed by atoms with Gasteiger partial charge in [-0.25, -0.2) is 4.98 Å². The smallest absolute Gasteiger partial charge is 0.128 e. The third-order valence-corrected chi connectivity index (χ3v) is 2.64. The number of para-hydroxylation sites is 1. The van der Waals surface area contributed by atoms with Crippen LogP contribution in [0, 0.1) is 0 Å². The predicted molar refractivity (Wildman–Crippen MR) is 74.8 cm³/mol. The van der Waals surface area contributed by atoms with E-state index in [0.717, 1.165) is 23.4 Å². The van der Waals surface area contributed by atoms with Crippen molar-refractivity contribution in [1.29, 1.82) is 0 Å². The van der Waals surface area contributed by atoms with Crippen LogP contribution in [-0.4, -0.2) is 23.3 Å². The van der Waals surface area contributed by atoms with Crippen molar-refractivity contribution in [2.24, 2.45) is 0 Å². The van der Waals surface area contributed by atoms with Crippen LogP contribution in [0.25, 0.3) is 5.70 Å². The van der Waals surface area contributed by atoms with Gasteiger partial charge in [0.2, 0.25) is 0 Å². The van der Waals surface area contributed by atoms with Gasteiger partial charge in [0.15, 0.2) is 0 Å². The van der Waals surface area contributed by atoms with E-state index in [1.807, 2.05) is 35.0 Å². The van der Waals surface area contributed by atoms with Crippen LogP contribution in [0.3, 0.4) is 0 Å². The first-order valence-corrected chi connectivity index (χ1v) is 6.30. The molecule has 4 heteroatoms. The maximum atomic E-state index is 5.78. The van der Waals surface area contributed by atoms with Crippen LogP contribution in [0.15, 0.2) is 49.2 Å². The van der Waals surface area contributed by atoms with E-state index in [4.69, 9.17) is 9.47 Å². The van der Waals surface area contributed by atoms with E-state index in [9.17, 15) is 0 Å². The molecule has 0 atom stereocenters. The Bertz CT molecular complexity index is 533. The zero-order chi connectivity index (χ0) is 13.5. The van der Waals surface area contributed by atoms with Gasteiger partial charge in [-0.15, -0.1) is 0 Å². The highest BCUT2D eigenvalue weighted by atomic mass is 16.5. The highest BCUT2D eigenvalue weighted by Crippen LogP contribution is 2.27. The van der Waals surface area contributed by atoms with Gasteiger partial charge in [-0.2, -0.15) is 0 Å². The number of imidazole rings is 1. The van der Waals surface area contributed by atoms with E-state index in [0.29, 0.717) is 6.61 Å². The number of aromatic nitrogens is 2. The lowest BCUT2D eigenvalue weighted by molar-refractivity contribution is 0.315. The maximum absolute atomic E-state index is 5.78. The summed E-state index contributed by atoms with van der Waals surface area (Å²) in [5.74, 6) is 0.848. The molecule has 0 aliphatic heterocycles. The number of methoxy groups -OCH3 is 1. The lowest BCUT2D eigenvalue weighted by atomic mass is 10.1. The summed E-state index contributed by atoms with van der Waals surface area (Å²) >= 11 is 0. The molecule has 1 aromatic carbocycles. The van der Waals surface area contributed by atoms with E-state index in [-0.39, 0.29) is 0 Å². The van der Waals surface area contributed by atoms with Crippen LogP contribution in [0.1, 0.15) is 18.9 Å². The summed E-state index contributed by atoms with van der Waals surface area (Å²) in [4.78, 5) is 4.07. The number of hydrogen-bond acceptors (Lipinski definition) is 3. The largest absolute Gasteiger partial charge is 0.502 e. The third kappa shape index (κ3) is 3.16. The molecule has 0 spiro atoms. The Morgan fingerprint density at radius 3 is 2.89 bits per heavy atom. The molecule has 100 valence electrons. The lowest BCUT2D eigenvalue weighted by Gasteiger charge is -2.14. The van der Waals surface area contributed by atoms with Crippen molar-refractivity contribution in [3.05, 3.63) is 54.8 Å². The molecule has 0 N–H and O–H groups in total. The van der Waals surface area contributed by atoms with Crippen molar-refractivity contribution in [2.75, 3.05) is 13.7 Å². The highest BCUT2D eigenvalue weighted by molar-refractivity contribution is 5.69. The maximum Gasteiger partial charge on any atom is 0.128 e. The van der Waals surface area contributed by atoms with E-state index in [1.54, 1.807) is 25.9 Å². The van der Waals surface area contributed by atoms with Gasteiger partial charge in [0, 0.05) is 18.0 Å². The topological polar surface area (TPSA) is 36.3 Å².